The summed E-state index contributed by atoms with van der Waals surface area (Å²) in [6.07, 6.45) is 0.778. The summed E-state index contributed by atoms with van der Waals surface area (Å²) in [6, 6.07) is 6.46. The molecule has 0 aliphatic heterocycles. The van der Waals surface area contributed by atoms with Gasteiger partial charge in [-0.2, -0.15) is 4.98 Å². The van der Waals surface area contributed by atoms with Crippen molar-refractivity contribution in [3.8, 4) is 0 Å². The molecule has 0 aliphatic rings. The van der Waals surface area contributed by atoms with Gasteiger partial charge in [-0.05, 0) is 31.0 Å². The highest BCUT2D eigenvalue weighted by Crippen LogP contribution is 2.02. The fourth-order valence-electron chi connectivity index (χ4n) is 1.77. The van der Waals surface area contributed by atoms with Gasteiger partial charge in [0.05, 0.1) is 6.54 Å². The number of halogens is 1. The molecule has 0 aliphatic carbocycles. The van der Waals surface area contributed by atoms with Crippen LogP contribution in [0.1, 0.15) is 17.3 Å². The molecule has 0 atom stereocenters. The quantitative estimate of drug-likeness (QED) is 0.644. The average molecular weight is 291 g/mol. The molecular weight excluding hydrogens is 273 g/mol. The fraction of sp³-hybridized carbons (Fsp3) is 0.357. The molecule has 21 heavy (non-hydrogen) atoms. The largest absolute Gasteiger partial charge is 0.356 e. The summed E-state index contributed by atoms with van der Waals surface area (Å²) in [4.78, 5) is 8.19. The van der Waals surface area contributed by atoms with E-state index in [2.05, 4.69) is 25.8 Å². The van der Waals surface area contributed by atoms with E-state index >= 15 is 0 Å². The van der Waals surface area contributed by atoms with Gasteiger partial charge in [0.1, 0.15) is 5.82 Å². The van der Waals surface area contributed by atoms with Crippen LogP contribution in [0.3, 0.4) is 0 Å². The molecule has 0 radical (unpaired) electrons. The van der Waals surface area contributed by atoms with Crippen molar-refractivity contribution in [1.29, 1.82) is 0 Å². The predicted molar refractivity (Wildman–Crippen MR) is 77.3 cm³/mol. The van der Waals surface area contributed by atoms with Crippen LogP contribution in [0.4, 0.5) is 4.39 Å². The molecule has 1 heterocycles. The van der Waals surface area contributed by atoms with Crippen LogP contribution in [0.2, 0.25) is 0 Å². The predicted octanol–water partition coefficient (Wildman–Crippen LogP) is 1.42. The molecule has 7 heteroatoms. The van der Waals surface area contributed by atoms with Crippen molar-refractivity contribution in [3.63, 3.8) is 0 Å². The summed E-state index contributed by atoms with van der Waals surface area (Å²) >= 11 is 0. The molecule has 0 amide bonds. The summed E-state index contributed by atoms with van der Waals surface area (Å²) in [6.45, 7) is 2.87. The second-order valence-electron chi connectivity index (χ2n) is 4.46. The minimum Gasteiger partial charge on any atom is -0.356 e. The van der Waals surface area contributed by atoms with Crippen LogP contribution in [-0.2, 0) is 13.0 Å². The highest BCUT2D eigenvalue weighted by molar-refractivity contribution is 5.79. The van der Waals surface area contributed by atoms with Crippen LogP contribution in [0, 0.1) is 12.7 Å². The molecule has 0 saturated carbocycles. The first-order valence-corrected chi connectivity index (χ1v) is 6.65. The average Bonchev–Trinajstić information content (AvgIpc) is 2.90. The molecule has 1 aromatic carbocycles. The third-order valence-corrected chi connectivity index (χ3v) is 2.82. The minimum atomic E-state index is -0.223. The monoisotopic (exact) mass is 291 g/mol. The molecule has 0 unspecified atom stereocenters. The van der Waals surface area contributed by atoms with E-state index < -0.39 is 0 Å². The maximum Gasteiger partial charge on any atom is 0.246 e. The zero-order valence-electron chi connectivity index (χ0n) is 12.1. The smallest absolute Gasteiger partial charge is 0.246 e. The maximum atomic E-state index is 12.8. The van der Waals surface area contributed by atoms with Crippen LogP contribution in [0.15, 0.2) is 33.8 Å². The van der Waals surface area contributed by atoms with Crippen molar-refractivity contribution < 1.29 is 8.91 Å². The number of aliphatic imine (C=N–C) groups is 1. The number of hydrogen-bond donors (Lipinski definition) is 2. The standard InChI is InChI=1S/C14H18FN5O/c1-10-19-13(21-20-10)9-18-14(16-2)17-8-7-11-3-5-12(15)6-4-11/h3-6H,7-9H2,1-2H3,(H2,16,17,18). The Morgan fingerprint density at radius 1 is 1.29 bits per heavy atom. The first-order valence-electron chi connectivity index (χ1n) is 6.65. The summed E-state index contributed by atoms with van der Waals surface area (Å²) < 4.78 is 17.8. The fourth-order valence-corrected chi connectivity index (χ4v) is 1.77. The van der Waals surface area contributed by atoms with E-state index in [1.54, 1.807) is 26.1 Å². The van der Waals surface area contributed by atoms with Crippen LogP contribution < -0.4 is 10.6 Å². The second kappa shape index (κ2) is 7.37. The molecule has 0 fully saturated rings. The Morgan fingerprint density at radius 3 is 2.67 bits per heavy atom. The Labute approximate surface area is 122 Å². The molecule has 0 saturated heterocycles. The van der Waals surface area contributed by atoms with Crippen molar-refractivity contribution in [1.82, 2.24) is 20.8 Å². The number of nitrogens with one attached hydrogen (secondary N) is 2. The molecule has 0 bridgehead atoms. The van der Waals surface area contributed by atoms with Gasteiger partial charge in [0.15, 0.2) is 11.8 Å². The third-order valence-electron chi connectivity index (χ3n) is 2.82. The van der Waals surface area contributed by atoms with E-state index in [1.165, 1.54) is 12.1 Å². The van der Waals surface area contributed by atoms with E-state index in [0.717, 1.165) is 12.0 Å². The van der Waals surface area contributed by atoms with Crippen molar-refractivity contribution in [2.45, 2.75) is 19.9 Å². The number of rotatable bonds is 5. The van der Waals surface area contributed by atoms with Gasteiger partial charge in [0.2, 0.25) is 5.89 Å². The van der Waals surface area contributed by atoms with Crippen LogP contribution in [-0.4, -0.2) is 29.7 Å². The number of guanidine groups is 1. The van der Waals surface area contributed by atoms with Crippen molar-refractivity contribution in [3.05, 3.63) is 47.4 Å². The summed E-state index contributed by atoms with van der Waals surface area (Å²) in [5.74, 6) is 1.53. The normalized spacial score (nSPS) is 11.5. The molecule has 1 aromatic heterocycles. The van der Waals surface area contributed by atoms with E-state index in [9.17, 15) is 4.39 Å². The molecule has 2 aromatic rings. The lowest BCUT2D eigenvalue weighted by molar-refractivity contribution is 0.371. The van der Waals surface area contributed by atoms with Crippen molar-refractivity contribution in [2.75, 3.05) is 13.6 Å². The Morgan fingerprint density at radius 2 is 2.05 bits per heavy atom. The van der Waals surface area contributed by atoms with Gasteiger partial charge in [-0.1, -0.05) is 17.3 Å². The molecule has 0 spiro atoms. The van der Waals surface area contributed by atoms with Crippen LogP contribution in [0.5, 0.6) is 0 Å². The Balaban J connectivity index is 1.74. The molecule has 2 rings (SSSR count). The topological polar surface area (TPSA) is 75.3 Å². The summed E-state index contributed by atoms with van der Waals surface area (Å²) in [5.41, 5.74) is 1.06. The van der Waals surface area contributed by atoms with E-state index in [-0.39, 0.29) is 5.82 Å². The minimum absolute atomic E-state index is 0.223. The van der Waals surface area contributed by atoms with E-state index in [1.807, 2.05) is 0 Å². The second-order valence-corrected chi connectivity index (χ2v) is 4.46. The molecule has 2 N–H and O–H groups in total. The van der Waals surface area contributed by atoms with Crippen LogP contribution >= 0.6 is 0 Å². The van der Waals surface area contributed by atoms with Crippen molar-refractivity contribution >= 4 is 5.96 Å². The lowest BCUT2D eigenvalue weighted by Crippen LogP contribution is -2.37. The summed E-state index contributed by atoms with van der Waals surface area (Å²) in [7, 11) is 1.69. The first kappa shape index (κ1) is 15.0. The highest BCUT2D eigenvalue weighted by Gasteiger charge is 2.04. The van der Waals surface area contributed by atoms with Crippen LogP contribution in [0.25, 0.3) is 0 Å². The molecule has 6 nitrogen and oxygen atoms in total. The number of hydrogen-bond acceptors (Lipinski definition) is 4. The van der Waals surface area contributed by atoms with E-state index in [0.29, 0.717) is 30.8 Å². The number of nitrogens with zero attached hydrogens (tertiary/aromatic N) is 3. The lowest BCUT2D eigenvalue weighted by atomic mass is 10.1. The van der Waals surface area contributed by atoms with Gasteiger partial charge >= 0.3 is 0 Å². The van der Waals surface area contributed by atoms with Gasteiger partial charge in [-0.15, -0.1) is 0 Å². The number of benzene rings is 1. The van der Waals surface area contributed by atoms with E-state index in [4.69, 9.17) is 4.52 Å². The van der Waals surface area contributed by atoms with Crippen molar-refractivity contribution in [2.24, 2.45) is 4.99 Å². The zero-order valence-corrected chi connectivity index (χ0v) is 12.1. The number of aromatic nitrogens is 2. The Hall–Kier alpha value is -2.44. The summed E-state index contributed by atoms with van der Waals surface area (Å²) in [5, 5.41) is 9.95. The Bertz CT molecular complexity index is 594. The van der Waals surface area contributed by atoms with Gasteiger partial charge < -0.3 is 15.2 Å². The molecule has 112 valence electrons. The Kier molecular flexibility index (Phi) is 5.25. The van der Waals surface area contributed by atoms with Gasteiger partial charge in [0.25, 0.3) is 0 Å². The maximum absolute atomic E-state index is 12.8. The first-order chi connectivity index (χ1) is 10.2. The highest BCUT2D eigenvalue weighted by atomic mass is 19.1. The van der Waals surface area contributed by atoms with Gasteiger partial charge in [0, 0.05) is 13.6 Å². The SMILES string of the molecule is CN=C(NCCc1ccc(F)cc1)NCc1nc(C)no1. The lowest BCUT2D eigenvalue weighted by Gasteiger charge is -2.10. The van der Waals surface area contributed by atoms with Gasteiger partial charge in [-0.3, -0.25) is 4.99 Å². The third kappa shape index (κ3) is 4.87. The molecular formula is C14H18FN5O. The number of aryl methyl sites for hydroxylation is 1. The van der Waals surface area contributed by atoms with Gasteiger partial charge in [-0.25, -0.2) is 4.39 Å². The zero-order chi connectivity index (χ0) is 15.1.